The molecule has 0 saturated carbocycles. The zero-order valence-corrected chi connectivity index (χ0v) is 21.4. The summed E-state index contributed by atoms with van der Waals surface area (Å²) < 4.78 is 40.4. The Morgan fingerprint density at radius 2 is 1.69 bits per heavy atom. The maximum Gasteiger partial charge on any atom is 0.416 e. The molecule has 0 radical (unpaired) electrons. The highest BCUT2D eigenvalue weighted by atomic mass is 19.4. The predicted molar refractivity (Wildman–Crippen MR) is 138 cm³/mol. The zero-order chi connectivity index (χ0) is 25.7. The molecule has 0 unspecified atom stereocenters. The van der Waals surface area contributed by atoms with Crippen molar-refractivity contribution in [2.45, 2.75) is 52.3 Å². The largest absolute Gasteiger partial charge is 0.416 e. The number of piperidine rings is 1. The number of hydrogen-bond acceptors (Lipinski definition) is 5. The monoisotopic (exact) mass is 497 g/mol. The van der Waals surface area contributed by atoms with Gasteiger partial charge < -0.3 is 15.1 Å². The van der Waals surface area contributed by atoms with E-state index in [0.717, 1.165) is 41.3 Å². The third-order valence-electron chi connectivity index (χ3n) is 8.27. The number of alkyl halides is 3. The quantitative estimate of drug-likeness (QED) is 0.454. The predicted octanol–water partition coefficient (Wildman–Crippen LogP) is 6.36. The van der Waals surface area contributed by atoms with Gasteiger partial charge >= 0.3 is 6.18 Å². The lowest BCUT2D eigenvalue weighted by Crippen LogP contribution is -2.41. The van der Waals surface area contributed by atoms with Crippen molar-refractivity contribution in [2.75, 3.05) is 43.4 Å². The zero-order valence-electron chi connectivity index (χ0n) is 21.4. The van der Waals surface area contributed by atoms with E-state index in [1.165, 1.54) is 45.3 Å². The third kappa shape index (κ3) is 4.63. The second-order valence-corrected chi connectivity index (χ2v) is 10.7. The normalized spacial score (nSPS) is 19.2. The minimum Gasteiger partial charge on any atom is -0.371 e. The van der Waals surface area contributed by atoms with Crippen LogP contribution >= 0.6 is 0 Å². The number of halogens is 3. The van der Waals surface area contributed by atoms with Crippen molar-refractivity contribution in [3.8, 4) is 0 Å². The lowest BCUT2D eigenvalue weighted by molar-refractivity contribution is -0.138. The smallest absolute Gasteiger partial charge is 0.371 e. The topological polar surface area (TPSA) is 44.3 Å². The number of benzene rings is 2. The number of nitrogens with one attached hydrogen (secondary N) is 1. The first-order chi connectivity index (χ1) is 17.1. The van der Waals surface area contributed by atoms with E-state index in [1.807, 2.05) is 13.8 Å². The van der Waals surface area contributed by atoms with Gasteiger partial charge in [-0.2, -0.15) is 18.3 Å². The number of aromatic nitrogens is 2. The van der Waals surface area contributed by atoms with E-state index in [1.54, 1.807) is 6.07 Å². The molecule has 2 aliphatic heterocycles. The fraction of sp³-hybridized carbons (Fsp3) is 0.500. The van der Waals surface area contributed by atoms with E-state index in [9.17, 15) is 13.2 Å². The van der Waals surface area contributed by atoms with E-state index in [-0.39, 0.29) is 11.6 Å². The molecule has 36 heavy (non-hydrogen) atoms. The maximum atomic E-state index is 13.5. The fourth-order valence-corrected chi connectivity index (χ4v) is 6.10. The molecule has 0 bridgehead atoms. The Morgan fingerprint density at radius 1 is 0.972 bits per heavy atom. The Labute approximate surface area is 210 Å². The van der Waals surface area contributed by atoms with Crippen molar-refractivity contribution in [3.63, 3.8) is 0 Å². The summed E-state index contributed by atoms with van der Waals surface area (Å²) in [5.41, 5.74) is 2.66. The summed E-state index contributed by atoms with van der Waals surface area (Å²) in [5, 5.41) is 14.0. The van der Waals surface area contributed by atoms with Crippen LogP contribution in [0.2, 0.25) is 0 Å². The first-order valence-electron chi connectivity index (χ1n) is 12.7. The molecule has 1 atom stereocenters. The van der Waals surface area contributed by atoms with Gasteiger partial charge in [-0.25, -0.2) is 0 Å². The van der Waals surface area contributed by atoms with Crippen LogP contribution in [0.4, 0.5) is 24.7 Å². The van der Waals surface area contributed by atoms with Gasteiger partial charge in [0.25, 0.3) is 0 Å². The molecule has 2 aromatic carbocycles. The van der Waals surface area contributed by atoms with Crippen LogP contribution in [-0.2, 0) is 6.18 Å². The van der Waals surface area contributed by atoms with Gasteiger partial charge in [0.15, 0.2) is 5.82 Å². The summed E-state index contributed by atoms with van der Waals surface area (Å²) in [4.78, 5) is 4.89. The number of likely N-dealkylation sites (tertiary alicyclic amines) is 1. The number of fused-ring (bicyclic) bond motifs is 1. The first kappa shape index (κ1) is 24.8. The molecule has 2 saturated heterocycles. The molecule has 1 N–H and O–H groups in total. The minimum absolute atomic E-state index is 0.231. The van der Waals surface area contributed by atoms with Gasteiger partial charge in [0.05, 0.1) is 17.3 Å². The molecule has 3 aromatic rings. The molecule has 0 aliphatic carbocycles. The Morgan fingerprint density at radius 3 is 2.36 bits per heavy atom. The fourth-order valence-electron chi connectivity index (χ4n) is 6.10. The lowest BCUT2D eigenvalue weighted by atomic mass is 9.77. The van der Waals surface area contributed by atoms with Crippen LogP contribution in [0.5, 0.6) is 0 Å². The van der Waals surface area contributed by atoms with Gasteiger partial charge in [-0.1, -0.05) is 18.2 Å². The molecule has 3 heterocycles. The summed E-state index contributed by atoms with van der Waals surface area (Å²) in [6.07, 6.45) is -0.712. The number of rotatable bonds is 4. The Bertz CT molecular complexity index is 1260. The SMILES string of the molecule is Cc1c([C@@H](C)Nc2nnc(C)c3ccc(N4CCC5(CCN(C)C5)CC4)cc23)cccc1C(F)(F)F. The van der Waals surface area contributed by atoms with Crippen LogP contribution in [0.3, 0.4) is 0 Å². The molecule has 2 fully saturated rings. The van der Waals surface area contributed by atoms with E-state index >= 15 is 0 Å². The molecule has 1 aromatic heterocycles. The van der Waals surface area contributed by atoms with Crippen LogP contribution in [0.1, 0.15) is 54.6 Å². The number of nitrogens with zero attached hydrogens (tertiary/aromatic N) is 4. The van der Waals surface area contributed by atoms with Gasteiger partial charge in [0.1, 0.15) is 0 Å². The maximum absolute atomic E-state index is 13.5. The molecule has 2 aliphatic rings. The van der Waals surface area contributed by atoms with Crippen molar-refractivity contribution < 1.29 is 13.2 Å². The second-order valence-electron chi connectivity index (χ2n) is 10.7. The molecule has 0 amide bonds. The van der Waals surface area contributed by atoms with E-state index in [2.05, 4.69) is 50.6 Å². The molecule has 1 spiro atoms. The molecular formula is C28H34F3N5. The van der Waals surface area contributed by atoms with E-state index < -0.39 is 11.7 Å². The summed E-state index contributed by atoms with van der Waals surface area (Å²) in [7, 11) is 2.21. The van der Waals surface area contributed by atoms with Crippen LogP contribution in [0, 0.1) is 19.3 Å². The lowest BCUT2D eigenvalue weighted by Gasteiger charge is -2.40. The van der Waals surface area contributed by atoms with Crippen LogP contribution in [-0.4, -0.2) is 48.3 Å². The average molecular weight is 498 g/mol. The first-order valence-corrected chi connectivity index (χ1v) is 12.7. The third-order valence-corrected chi connectivity index (χ3v) is 8.27. The number of anilines is 2. The van der Waals surface area contributed by atoms with Crippen LogP contribution in [0.15, 0.2) is 36.4 Å². The molecular weight excluding hydrogens is 463 g/mol. The highest BCUT2D eigenvalue weighted by Crippen LogP contribution is 2.41. The summed E-state index contributed by atoms with van der Waals surface area (Å²) in [6.45, 7) is 9.75. The standard InChI is InChI=1S/C28H34F3N5/c1-18-22(6-5-7-25(18)28(29,30)31)19(2)32-26-24-16-21(8-9-23(24)20(3)33-34-26)36-14-11-27(12-15-36)10-13-35(4)17-27/h5-9,16,19H,10-15,17H2,1-4H3,(H,32,34)/t19-/m1/s1. The highest BCUT2D eigenvalue weighted by Gasteiger charge is 2.39. The molecule has 5 nitrogen and oxygen atoms in total. The number of aryl methyl sites for hydroxylation is 1. The molecule has 192 valence electrons. The Hall–Kier alpha value is -2.87. The number of hydrogen-bond donors (Lipinski definition) is 1. The average Bonchev–Trinajstić information content (AvgIpc) is 3.20. The van der Waals surface area contributed by atoms with E-state index in [0.29, 0.717) is 16.8 Å². The van der Waals surface area contributed by atoms with Gasteiger partial charge in [0, 0.05) is 36.1 Å². The van der Waals surface area contributed by atoms with Gasteiger partial charge in [-0.3, -0.25) is 0 Å². The van der Waals surface area contributed by atoms with Crippen molar-refractivity contribution in [3.05, 3.63) is 58.8 Å². The summed E-state index contributed by atoms with van der Waals surface area (Å²) in [5.74, 6) is 0.590. The minimum atomic E-state index is -4.38. The summed E-state index contributed by atoms with van der Waals surface area (Å²) >= 11 is 0. The van der Waals surface area contributed by atoms with Crippen molar-refractivity contribution >= 4 is 22.3 Å². The molecule has 5 rings (SSSR count). The van der Waals surface area contributed by atoms with Crippen molar-refractivity contribution in [1.29, 1.82) is 0 Å². The highest BCUT2D eigenvalue weighted by molar-refractivity contribution is 5.95. The van der Waals surface area contributed by atoms with Gasteiger partial charge in [-0.15, -0.1) is 5.10 Å². The van der Waals surface area contributed by atoms with Crippen molar-refractivity contribution in [2.24, 2.45) is 5.41 Å². The van der Waals surface area contributed by atoms with Crippen molar-refractivity contribution in [1.82, 2.24) is 15.1 Å². The van der Waals surface area contributed by atoms with Gasteiger partial charge in [0.2, 0.25) is 0 Å². The van der Waals surface area contributed by atoms with Gasteiger partial charge in [-0.05, 0) is 88.4 Å². The molecule has 8 heteroatoms. The second kappa shape index (κ2) is 9.21. The van der Waals surface area contributed by atoms with Crippen LogP contribution < -0.4 is 10.2 Å². The Kier molecular flexibility index (Phi) is 6.35. The van der Waals surface area contributed by atoms with E-state index in [4.69, 9.17) is 0 Å². The summed E-state index contributed by atoms with van der Waals surface area (Å²) in [6, 6.07) is 10.4. The Balaban J connectivity index is 1.42. The van der Waals surface area contributed by atoms with Crippen LogP contribution in [0.25, 0.3) is 10.8 Å².